The van der Waals surface area contributed by atoms with Crippen LogP contribution in [0.25, 0.3) is 22.2 Å². The number of anilines is 4. The summed E-state index contributed by atoms with van der Waals surface area (Å²) in [4.78, 5) is 37.0. The van der Waals surface area contributed by atoms with Crippen LogP contribution in [-0.2, 0) is 16.6 Å². The molecule has 224 valence electrons. The average molecular weight is 582 g/mol. The molecule has 10 nitrogen and oxygen atoms in total. The van der Waals surface area contributed by atoms with Gasteiger partial charge in [0.05, 0.1) is 23.2 Å². The summed E-state index contributed by atoms with van der Waals surface area (Å²) in [6, 6.07) is 12.3. The van der Waals surface area contributed by atoms with E-state index in [0.717, 1.165) is 59.3 Å². The van der Waals surface area contributed by atoms with Gasteiger partial charge in [0.1, 0.15) is 5.56 Å². The molecule has 10 heteroatoms. The number of aromatic nitrogens is 3. The molecule has 1 aliphatic heterocycles. The maximum Gasteiger partial charge on any atom is 0.342 e. The van der Waals surface area contributed by atoms with Crippen molar-refractivity contribution in [1.29, 1.82) is 0 Å². The van der Waals surface area contributed by atoms with Crippen LogP contribution in [0.3, 0.4) is 0 Å². The van der Waals surface area contributed by atoms with E-state index < -0.39 is 5.97 Å². The second-order valence-electron chi connectivity index (χ2n) is 11.3. The number of esters is 1. The van der Waals surface area contributed by atoms with Gasteiger partial charge in [0.2, 0.25) is 11.9 Å². The molecule has 1 aliphatic rings. The number of likely N-dealkylation sites (N-methyl/N-ethyl adjacent to an activating group) is 1. The first kappa shape index (κ1) is 29.8. The Bertz CT molecular complexity index is 1670. The molecule has 0 aliphatic carbocycles. The lowest BCUT2D eigenvalue weighted by Gasteiger charge is -2.27. The van der Waals surface area contributed by atoms with E-state index >= 15 is 0 Å². The maximum absolute atomic E-state index is 13.1. The summed E-state index contributed by atoms with van der Waals surface area (Å²) in [7, 11) is 3.99. The average Bonchev–Trinajstić information content (AvgIpc) is 3.61. The van der Waals surface area contributed by atoms with Crippen LogP contribution < -0.4 is 20.9 Å². The number of para-hydroxylation sites is 1. The number of carbonyl (C=O) groups is 2. The van der Waals surface area contributed by atoms with E-state index in [1.807, 2.05) is 82.0 Å². The van der Waals surface area contributed by atoms with Gasteiger partial charge in [-0.3, -0.25) is 4.79 Å². The van der Waals surface area contributed by atoms with Crippen molar-refractivity contribution >= 4 is 45.8 Å². The molecule has 1 fully saturated rings. The number of nitrogens with zero attached hydrogens (tertiary/aromatic N) is 4. The number of amides is 1. The lowest BCUT2D eigenvalue weighted by molar-refractivity contribution is -0.111. The Morgan fingerprint density at radius 1 is 1.26 bits per heavy atom. The highest BCUT2D eigenvalue weighted by molar-refractivity contribution is 6.03. The molecule has 3 N–H and O–H groups in total. The van der Waals surface area contributed by atoms with E-state index in [1.165, 1.54) is 12.3 Å². The number of aryl methyl sites for hydroxylation is 2. The molecule has 2 aromatic carbocycles. The third-order valence-corrected chi connectivity index (χ3v) is 7.60. The number of fused-ring (bicyclic) bond motifs is 1. The SMILES string of the molecule is C=CC(=O)Nc1cc(Nc2ncc(C(=O)OC(C)C)c(-c3cn(C)c4ccccc34)n2)c(C)cc1N(C)C[C@H]1CCCN1. The minimum Gasteiger partial charge on any atom is -0.459 e. The van der Waals surface area contributed by atoms with Crippen molar-refractivity contribution in [3.8, 4) is 11.3 Å². The Kier molecular flexibility index (Phi) is 8.77. The highest BCUT2D eigenvalue weighted by Crippen LogP contribution is 2.35. The molecule has 2 aromatic heterocycles. The number of benzene rings is 2. The van der Waals surface area contributed by atoms with E-state index in [1.54, 1.807) is 0 Å². The molecule has 0 unspecified atom stereocenters. The molecule has 0 spiro atoms. The van der Waals surface area contributed by atoms with Gasteiger partial charge in [-0.2, -0.15) is 0 Å². The quantitative estimate of drug-likeness (QED) is 0.165. The van der Waals surface area contributed by atoms with Crippen LogP contribution >= 0.6 is 0 Å². The number of nitrogens with one attached hydrogen (secondary N) is 3. The summed E-state index contributed by atoms with van der Waals surface area (Å²) >= 11 is 0. The second kappa shape index (κ2) is 12.7. The van der Waals surface area contributed by atoms with Crippen LogP contribution in [0.15, 0.2) is 61.4 Å². The molecule has 5 rings (SSSR count). The first-order valence-electron chi connectivity index (χ1n) is 14.6. The lowest BCUT2D eigenvalue weighted by atomic mass is 10.1. The van der Waals surface area contributed by atoms with E-state index in [2.05, 4.69) is 32.4 Å². The van der Waals surface area contributed by atoms with Gasteiger partial charge in [-0.15, -0.1) is 0 Å². The van der Waals surface area contributed by atoms with E-state index in [0.29, 0.717) is 23.4 Å². The minimum absolute atomic E-state index is 0.281. The molecule has 1 saturated heterocycles. The number of hydrogen-bond donors (Lipinski definition) is 3. The third-order valence-electron chi connectivity index (χ3n) is 7.60. The summed E-state index contributed by atoms with van der Waals surface area (Å²) in [5.41, 5.74) is 5.77. The van der Waals surface area contributed by atoms with Crippen molar-refractivity contribution in [2.24, 2.45) is 7.05 Å². The van der Waals surface area contributed by atoms with Crippen LogP contribution in [0.4, 0.5) is 23.0 Å². The second-order valence-corrected chi connectivity index (χ2v) is 11.3. The Balaban J connectivity index is 1.54. The summed E-state index contributed by atoms with van der Waals surface area (Å²) in [5, 5.41) is 10.8. The fourth-order valence-corrected chi connectivity index (χ4v) is 5.49. The zero-order chi connectivity index (χ0) is 30.7. The Labute approximate surface area is 252 Å². The number of rotatable bonds is 10. The monoisotopic (exact) mass is 581 g/mol. The molecular formula is C33H39N7O3. The van der Waals surface area contributed by atoms with Gasteiger partial charge < -0.3 is 30.2 Å². The van der Waals surface area contributed by atoms with Crippen molar-refractivity contribution in [2.75, 3.05) is 35.7 Å². The zero-order valence-corrected chi connectivity index (χ0v) is 25.4. The summed E-state index contributed by atoms with van der Waals surface area (Å²) in [5.74, 6) is -0.477. The Hall–Kier alpha value is -4.70. The van der Waals surface area contributed by atoms with Crippen LogP contribution in [0.5, 0.6) is 0 Å². The highest BCUT2D eigenvalue weighted by Gasteiger charge is 2.23. The fraction of sp³-hybridized carbons (Fsp3) is 0.333. The number of hydrogen-bond acceptors (Lipinski definition) is 8. The van der Waals surface area contributed by atoms with E-state index in [4.69, 9.17) is 9.72 Å². The topological polar surface area (TPSA) is 113 Å². The van der Waals surface area contributed by atoms with Crippen molar-refractivity contribution in [3.05, 3.63) is 72.6 Å². The van der Waals surface area contributed by atoms with Gasteiger partial charge >= 0.3 is 5.97 Å². The number of carbonyl (C=O) groups excluding carboxylic acids is 2. The first-order chi connectivity index (χ1) is 20.6. The molecule has 4 aromatic rings. The molecule has 1 atom stereocenters. The molecular weight excluding hydrogens is 542 g/mol. The van der Waals surface area contributed by atoms with Crippen molar-refractivity contribution in [1.82, 2.24) is 19.9 Å². The smallest absolute Gasteiger partial charge is 0.342 e. The van der Waals surface area contributed by atoms with Crippen LogP contribution in [0.1, 0.15) is 42.6 Å². The normalized spacial score (nSPS) is 14.6. The van der Waals surface area contributed by atoms with Crippen LogP contribution in [0, 0.1) is 6.92 Å². The predicted molar refractivity (Wildman–Crippen MR) is 172 cm³/mol. The van der Waals surface area contributed by atoms with Gasteiger partial charge in [0, 0.05) is 61.2 Å². The molecule has 1 amide bonds. The highest BCUT2D eigenvalue weighted by atomic mass is 16.5. The number of ether oxygens (including phenoxy) is 1. The largest absolute Gasteiger partial charge is 0.459 e. The van der Waals surface area contributed by atoms with Gasteiger partial charge in [-0.1, -0.05) is 24.8 Å². The molecule has 0 bridgehead atoms. The van der Waals surface area contributed by atoms with Crippen molar-refractivity contribution < 1.29 is 14.3 Å². The summed E-state index contributed by atoms with van der Waals surface area (Å²) in [6.07, 6.45) is 6.71. The lowest BCUT2D eigenvalue weighted by Crippen LogP contribution is -2.35. The fourth-order valence-electron chi connectivity index (χ4n) is 5.49. The Morgan fingerprint density at radius 2 is 2.05 bits per heavy atom. The molecule has 0 radical (unpaired) electrons. The van der Waals surface area contributed by atoms with Gasteiger partial charge in [-0.25, -0.2) is 14.8 Å². The molecule has 43 heavy (non-hydrogen) atoms. The van der Waals surface area contributed by atoms with Crippen LogP contribution in [-0.4, -0.2) is 58.7 Å². The van der Waals surface area contributed by atoms with Gasteiger partial charge in [0.25, 0.3) is 0 Å². The zero-order valence-electron chi connectivity index (χ0n) is 25.4. The molecule has 3 heterocycles. The standard InChI is InChI=1S/C33H39N7O3/c1-7-30(41)36-27-16-26(21(4)15-29(27)39(5)18-22-11-10-14-34-22)37-33-35-17-24(32(42)43-20(2)3)31(38-33)25-19-40(6)28-13-9-8-12-23(25)28/h7-9,12-13,15-17,19-20,22,34H,1,10-11,14,18H2,2-6H3,(H,36,41)(H,35,37,38)/t22-/m1/s1. The summed E-state index contributed by atoms with van der Waals surface area (Å²) in [6.45, 7) is 11.1. The van der Waals surface area contributed by atoms with Crippen molar-refractivity contribution in [2.45, 2.75) is 45.8 Å². The Morgan fingerprint density at radius 3 is 2.77 bits per heavy atom. The minimum atomic E-state index is -0.487. The molecule has 0 saturated carbocycles. The summed E-state index contributed by atoms with van der Waals surface area (Å²) < 4.78 is 7.54. The first-order valence-corrected chi connectivity index (χ1v) is 14.6. The van der Waals surface area contributed by atoms with E-state index in [9.17, 15) is 9.59 Å². The van der Waals surface area contributed by atoms with Crippen LogP contribution in [0.2, 0.25) is 0 Å². The third kappa shape index (κ3) is 6.54. The van der Waals surface area contributed by atoms with E-state index in [-0.39, 0.29) is 17.6 Å². The van der Waals surface area contributed by atoms with Crippen molar-refractivity contribution in [3.63, 3.8) is 0 Å². The predicted octanol–water partition coefficient (Wildman–Crippen LogP) is 5.57. The van der Waals surface area contributed by atoms with Gasteiger partial charge in [0.15, 0.2) is 0 Å². The van der Waals surface area contributed by atoms with Gasteiger partial charge in [-0.05, 0) is 70.0 Å². The maximum atomic E-state index is 13.1.